The third kappa shape index (κ3) is 4.23. The predicted octanol–water partition coefficient (Wildman–Crippen LogP) is 1.31. The minimum atomic E-state index is -3.30. The summed E-state index contributed by atoms with van der Waals surface area (Å²) in [5.41, 5.74) is 5.79. The van der Waals surface area contributed by atoms with Gasteiger partial charge in [-0.05, 0) is 31.4 Å². The Morgan fingerprint density at radius 2 is 2.05 bits per heavy atom. The lowest BCUT2D eigenvalue weighted by atomic mass is 10.3. The molecule has 1 aliphatic rings. The van der Waals surface area contributed by atoms with E-state index in [1.54, 1.807) is 30.3 Å². The molecule has 2 rings (SSSR count). The maximum Gasteiger partial charge on any atom is 0.189 e. The minimum absolute atomic E-state index is 0.0222. The highest BCUT2D eigenvalue weighted by Crippen LogP contribution is 2.23. The molecule has 1 fully saturated rings. The molecule has 1 unspecified atom stereocenters. The summed E-state index contributed by atoms with van der Waals surface area (Å²) in [6.07, 6.45) is 2.82. The monoisotopic (exact) mass is 295 g/mol. The molecule has 0 aromatic heterocycles. The van der Waals surface area contributed by atoms with Gasteiger partial charge in [-0.1, -0.05) is 25.1 Å². The van der Waals surface area contributed by atoms with Crippen molar-refractivity contribution in [2.24, 2.45) is 10.7 Å². The quantitative estimate of drug-likeness (QED) is 0.612. The Kier molecular flexibility index (Phi) is 4.65. The van der Waals surface area contributed by atoms with Gasteiger partial charge in [-0.25, -0.2) is 8.42 Å². The van der Waals surface area contributed by atoms with E-state index in [-0.39, 0.29) is 11.8 Å². The third-order valence-corrected chi connectivity index (χ3v) is 5.07. The highest BCUT2D eigenvalue weighted by atomic mass is 32.2. The molecule has 0 saturated heterocycles. The molecule has 1 aromatic carbocycles. The lowest BCUT2D eigenvalue weighted by molar-refractivity contribution is 0.571. The molecule has 0 heterocycles. The van der Waals surface area contributed by atoms with Crippen molar-refractivity contribution in [1.82, 2.24) is 5.32 Å². The van der Waals surface area contributed by atoms with Gasteiger partial charge in [0.25, 0.3) is 0 Å². The summed E-state index contributed by atoms with van der Waals surface area (Å²) in [6, 6.07) is 8.59. The summed E-state index contributed by atoms with van der Waals surface area (Å²) >= 11 is 0. The van der Waals surface area contributed by atoms with E-state index < -0.39 is 9.84 Å². The SMILES string of the molecule is CCC(CS(=O)(=O)c1ccccc1)NC(N)=NC1CC1. The fraction of sp³-hybridized carbons (Fsp3) is 0.500. The van der Waals surface area contributed by atoms with E-state index in [2.05, 4.69) is 10.3 Å². The molecular formula is C14H21N3O2S. The van der Waals surface area contributed by atoms with Crippen LogP contribution >= 0.6 is 0 Å². The van der Waals surface area contributed by atoms with Crippen molar-refractivity contribution in [2.75, 3.05) is 5.75 Å². The molecule has 20 heavy (non-hydrogen) atoms. The zero-order valence-electron chi connectivity index (χ0n) is 11.6. The summed E-state index contributed by atoms with van der Waals surface area (Å²) in [6.45, 7) is 1.93. The first-order chi connectivity index (χ1) is 9.51. The van der Waals surface area contributed by atoms with Gasteiger partial charge < -0.3 is 11.1 Å². The Morgan fingerprint density at radius 1 is 1.40 bits per heavy atom. The number of rotatable bonds is 6. The van der Waals surface area contributed by atoms with Crippen molar-refractivity contribution >= 4 is 15.8 Å². The van der Waals surface area contributed by atoms with Crippen molar-refractivity contribution in [2.45, 2.75) is 43.2 Å². The molecular weight excluding hydrogens is 274 g/mol. The van der Waals surface area contributed by atoms with Gasteiger partial charge in [-0.2, -0.15) is 0 Å². The first-order valence-corrected chi connectivity index (χ1v) is 8.54. The van der Waals surface area contributed by atoms with Crippen LogP contribution in [0.3, 0.4) is 0 Å². The van der Waals surface area contributed by atoms with Crippen molar-refractivity contribution in [3.8, 4) is 0 Å². The van der Waals surface area contributed by atoms with E-state index in [1.807, 2.05) is 6.92 Å². The molecule has 5 nitrogen and oxygen atoms in total. The molecule has 110 valence electrons. The molecule has 0 aliphatic heterocycles. The standard InChI is InChI=1S/C14H21N3O2S/c1-2-11(16-14(15)17-12-8-9-12)10-20(18,19)13-6-4-3-5-7-13/h3-7,11-12H,2,8-10H2,1H3,(H3,15,16,17). The Bertz CT molecular complexity index is 565. The number of sulfone groups is 1. The van der Waals surface area contributed by atoms with Crippen LogP contribution in [0, 0.1) is 0 Å². The summed E-state index contributed by atoms with van der Waals surface area (Å²) in [5, 5.41) is 3.01. The zero-order valence-corrected chi connectivity index (χ0v) is 12.4. The first kappa shape index (κ1) is 14.8. The van der Waals surface area contributed by atoms with Gasteiger partial charge in [0.2, 0.25) is 0 Å². The number of nitrogens with zero attached hydrogens (tertiary/aromatic N) is 1. The Hall–Kier alpha value is -1.56. The van der Waals surface area contributed by atoms with Crippen LogP contribution in [0.1, 0.15) is 26.2 Å². The van der Waals surface area contributed by atoms with E-state index in [4.69, 9.17) is 5.73 Å². The largest absolute Gasteiger partial charge is 0.370 e. The van der Waals surface area contributed by atoms with Gasteiger partial charge in [0.15, 0.2) is 15.8 Å². The van der Waals surface area contributed by atoms with Gasteiger partial charge in [-0.3, -0.25) is 4.99 Å². The lowest BCUT2D eigenvalue weighted by Gasteiger charge is -2.17. The number of nitrogens with two attached hydrogens (primary N) is 1. The molecule has 1 aromatic rings. The lowest BCUT2D eigenvalue weighted by Crippen LogP contribution is -2.43. The van der Waals surface area contributed by atoms with Crippen LogP contribution in [0.4, 0.5) is 0 Å². The summed E-state index contributed by atoms with van der Waals surface area (Å²) in [4.78, 5) is 4.61. The maximum absolute atomic E-state index is 12.3. The average molecular weight is 295 g/mol. The third-order valence-electron chi connectivity index (χ3n) is 3.24. The highest BCUT2D eigenvalue weighted by molar-refractivity contribution is 7.91. The van der Waals surface area contributed by atoms with Gasteiger partial charge in [0, 0.05) is 6.04 Å². The molecule has 0 amide bonds. The van der Waals surface area contributed by atoms with Crippen molar-refractivity contribution in [3.05, 3.63) is 30.3 Å². The van der Waals surface area contributed by atoms with Gasteiger partial charge in [-0.15, -0.1) is 0 Å². The van der Waals surface area contributed by atoms with Gasteiger partial charge >= 0.3 is 0 Å². The second-order valence-corrected chi connectivity index (χ2v) is 7.12. The van der Waals surface area contributed by atoms with Crippen LogP contribution in [0.15, 0.2) is 40.2 Å². The summed E-state index contributed by atoms with van der Waals surface area (Å²) in [5.74, 6) is 0.372. The van der Waals surface area contributed by atoms with Crippen LogP contribution in [0.25, 0.3) is 0 Å². The van der Waals surface area contributed by atoms with Gasteiger partial charge in [0.05, 0.1) is 16.7 Å². The summed E-state index contributed by atoms with van der Waals surface area (Å²) in [7, 11) is -3.30. The van der Waals surface area contributed by atoms with Crippen molar-refractivity contribution < 1.29 is 8.42 Å². The topological polar surface area (TPSA) is 84.5 Å². The molecule has 0 bridgehead atoms. The van der Waals surface area contributed by atoms with Crippen LogP contribution in [0.2, 0.25) is 0 Å². The molecule has 0 spiro atoms. The smallest absolute Gasteiger partial charge is 0.189 e. The molecule has 1 aliphatic carbocycles. The Labute approximate surface area is 120 Å². The molecule has 1 saturated carbocycles. The molecule has 6 heteroatoms. The van der Waals surface area contributed by atoms with Crippen LogP contribution in [0.5, 0.6) is 0 Å². The Balaban J connectivity index is 2.02. The number of guanidine groups is 1. The second kappa shape index (κ2) is 6.26. The number of hydrogen-bond donors (Lipinski definition) is 2. The molecule has 1 atom stereocenters. The van der Waals surface area contributed by atoms with E-state index in [0.29, 0.717) is 23.3 Å². The highest BCUT2D eigenvalue weighted by Gasteiger charge is 2.23. The maximum atomic E-state index is 12.3. The Morgan fingerprint density at radius 3 is 2.60 bits per heavy atom. The number of hydrogen-bond acceptors (Lipinski definition) is 3. The normalized spacial score (nSPS) is 17.8. The number of benzene rings is 1. The molecule has 0 radical (unpaired) electrons. The first-order valence-electron chi connectivity index (χ1n) is 6.89. The summed E-state index contributed by atoms with van der Waals surface area (Å²) < 4.78 is 24.6. The predicted molar refractivity (Wildman–Crippen MR) is 80.4 cm³/mol. The fourth-order valence-electron chi connectivity index (χ4n) is 1.90. The van der Waals surface area contributed by atoms with Crippen molar-refractivity contribution in [3.63, 3.8) is 0 Å². The second-order valence-electron chi connectivity index (χ2n) is 5.09. The van der Waals surface area contributed by atoms with E-state index in [0.717, 1.165) is 12.8 Å². The minimum Gasteiger partial charge on any atom is -0.370 e. The zero-order chi connectivity index (χ0) is 14.6. The van der Waals surface area contributed by atoms with E-state index in [9.17, 15) is 8.42 Å². The van der Waals surface area contributed by atoms with Crippen molar-refractivity contribution in [1.29, 1.82) is 0 Å². The average Bonchev–Trinajstić information content (AvgIpc) is 3.22. The number of nitrogens with one attached hydrogen (secondary N) is 1. The van der Waals surface area contributed by atoms with Crippen LogP contribution in [-0.4, -0.2) is 32.2 Å². The fourth-order valence-corrected chi connectivity index (χ4v) is 3.51. The van der Waals surface area contributed by atoms with E-state index >= 15 is 0 Å². The molecule has 3 N–H and O–H groups in total. The van der Waals surface area contributed by atoms with E-state index in [1.165, 1.54) is 0 Å². The van der Waals surface area contributed by atoms with Crippen LogP contribution in [-0.2, 0) is 9.84 Å². The van der Waals surface area contributed by atoms with Gasteiger partial charge in [0.1, 0.15) is 0 Å². The number of aliphatic imine (C=N–C) groups is 1. The van der Waals surface area contributed by atoms with Crippen LogP contribution < -0.4 is 11.1 Å².